The molecular weight excluding hydrogens is 244 g/mol. The number of carbonyl (C=O) groups excluding carboxylic acids is 1. The van der Waals surface area contributed by atoms with Crippen LogP contribution in [0.4, 0.5) is 0 Å². The number of hydrogen-bond donors (Lipinski definition) is 3. The van der Waals surface area contributed by atoms with E-state index in [1.807, 2.05) is 4.98 Å². The van der Waals surface area contributed by atoms with Crippen molar-refractivity contribution >= 4 is 6.29 Å². The van der Waals surface area contributed by atoms with Crippen molar-refractivity contribution in [1.82, 2.24) is 9.55 Å². The summed E-state index contributed by atoms with van der Waals surface area (Å²) in [6, 6.07) is 1.10. The van der Waals surface area contributed by atoms with Crippen LogP contribution in [0.3, 0.4) is 0 Å². The van der Waals surface area contributed by atoms with E-state index in [0.29, 0.717) is 6.29 Å². The molecule has 0 amide bonds. The Labute approximate surface area is 99.4 Å². The molecule has 0 spiro atoms. The summed E-state index contributed by atoms with van der Waals surface area (Å²) in [5.41, 5.74) is -1.26. The van der Waals surface area contributed by atoms with Gasteiger partial charge >= 0.3 is 5.69 Å². The van der Waals surface area contributed by atoms with Crippen LogP contribution >= 0.6 is 0 Å². The van der Waals surface area contributed by atoms with E-state index in [0.717, 1.165) is 10.6 Å². The van der Waals surface area contributed by atoms with Gasteiger partial charge in [-0.05, 0) is 0 Å². The highest BCUT2D eigenvalue weighted by Crippen LogP contribution is 2.40. The Morgan fingerprint density at radius 1 is 1.33 bits per heavy atom. The number of nitrogens with one attached hydrogen (secondary N) is 1. The normalized spacial score (nSPS) is 37.3. The highest BCUT2D eigenvalue weighted by molar-refractivity contribution is 5.63. The van der Waals surface area contributed by atoms with E-state index >= 15 is 0 Å². The number of aldehydes is 1. The van der Waals surface area contributed by atoms with Gasteiger partial charge in [0.1, 0.15) is 24.6 Å². The second-order valence-electron chi connectivity index (χ2n) is 4.37. The maximum Gasteiger partial charge on any atom is 0.330 e. The molecule has 0 saturated carbocycles. The number of aromatic nitrogens is 2. The maximum atomic E-state index is 11.7. The predicted molar refractivity (Wildman–Crippen MR) is 56.1 cm³/mol. The number of fused-ring (bicyclic) bond motifs is 4. The van der Waals surface area contributed by atoms with Crippen molar-refractivity contribution in [2.75, 3.05) is 0 Å². The fourth-order valence-electron chi connectivity index (χ4n) is 2.55. The molecule has 3 rings (SSSR count). The van der Waals surface area contributed by atoms with Gasteiger partial charge < -0.3 is 19.7 Å². The minimum Gasteiger partial charge on any atom is -0.387 e. The first-order valence-electron chi connectivity index (χ1n) is 5.37. The molecule has 3 heterocycles. The molecule has 0 aliphatic carbocycles. The summed E-state index contributed by atoms with van der Waals surface area (Å²) in [7, 11) is 0. The molecule has 0 unspecified atom stereocenters. The van der Waals surface area contributed by atoms with E-state index < -0.39 is 41.7 Å². The van der Waals surface area contributed by atoms with Gasteiger partial charge in [-0.15, -0.1) is 0 Å². The fraction of sp³-hybridized carbons (Fsp3) is 0.500. The molecule has 2 aliphatic rings. The second-order valence-corrected chi connectivity index (χ2v) is 4.37. The van der Waals surface area contributed by atoms with E-state index in [2.05, 4.69) is 0 Å². The smallest absolute Gasteiger partial charge is 0.330 e. The van der Waals surface area contributed by atoms with Crippen molar-refractivity contribution in [2.24, 2.45) is 0 Å². The van der Waals surface area contributed by atoms with Gasteiger partial charge in [-0.2, -0.15) is 0 Å². The number of ether oxygens (including phenoxy) is 1. The Balaban J connectivity index is 2.30. The number of aromatic amines is 1. The standard InChI is InChI=1S/C10H10N2O6/c13-2-3-4-1-5(14)11-10(17)12(4)9-7(16)6(15)8(3)18-9/h1-3,6-9,15-16H,(H,11,14,17)/t3-,6+,7-,8-,9-/m1/s1. The van der Waals surface area contributed by atoms with Crippen LogP contribution in [0.25, 0.3) is 0 Å². The van der Waals surface area contributed by atoms with Gasteiger partial charge in [0, 0.05) is 11.8 Å². The minimum atomic E-state index is -1.32. The van der Waals surface area contributed by atoms with Crippen molar-refractivity contribution in [2.45, 2.75) is 30.5 Å². The summed E-state index contributed by atoms with van der Waals surface area (Å²) in [6.45, 7) is 0. The summed E-state index contributed by atoms with van der Waals surface area (Å²) in [5.74, 6) is -0.955. The molecule has 8 heteroatoms. The van der Waals surface area contributed by atoms with Gasteiger partial charge in [-0.25, -0.2) is 4.79 Å². The average Bonchev–Trinajstić information content (AvgIpc) is 2.56. The van der Waals surface area contributed by atoms with Crippen LogP contribution in [-0.2, 0) is 9.53 Å². The average molecular weight is 254 g/mol. The van der Waals surface area contributed by atoms with Crippen LogP contribution in [0.2, 0.25) is 0 Å². The molecule has 2 bridgehead atoms. The largest absolute Gasteiger partial charge is 0.387 e. The highest BCUT2D eigenvalue weighted by atomic mass is 16.6. The second kappa shape index (κ2) is 3.61. The number of nitrogens with zero attached hydrogens (tertiary/aromatic N) is 1. The molecule has 96 valence electrons. The summed E-state index contributed by atoms with van der Waals surface area (Å²) in [4.78, 5) is 36.1. The first-order chi connectivity index (χ1) is 8.54. The van der Waals surface area contributed by atoms with Gasteiger partial charge in [0.15, 0.2) is 6.23 Å². The topological polar surface area (TPSA) is 122 Å². The van der Waals surface area contributed by atoms with Crippen molar-refractivity contribution in [3.63, 3.8) is 0 Å². The zero-order chi connectivity index (χ0) is 13.0. The number of rotatable bonds is 1. The maximum absolute atomic E-state index is 11.7. The van der Waals surface area contributed by atoms with Crippen LogP contribution in [0.15, 0.2) is 15.7 Å². The zero-order valence-corrected chi connectivity index (χ0v) is 9.02. The number of aliphatic hydroxyl groups is 2. The molecule has 5 atom stereocenters. The Morgan fingerprint density at radius 3 is 2.72 bits per heavy atom. The first-order valence-corrected chi connectivity index (χ1v) is 5.37. The third-order valence-electron chi connectivity index (χ3n) is 3.38. The van der Waals surface area contributed by atoms with Crippen molar-refractivity contribution in [1.29, 1.82) is 0 Å². The Hall–Kier alpha value is -1.77. The van der Waals surface area contributed by atoms with Crippen LogP contribution in [0.1, 0.15) is 17.8 Å². The van der Waals surface area contributed by atoms with Crippen LogP contribution in [0.5, 0.6) is 0 Å². The Bertz CT molecular complexity index is 620. The number of aliphatic hydroxyl groups excluding tert-OH is 2. The summed E-state index contributed by atoms with van der Waals surface area (Å²) in [6.07, 6.45) is -4.13. The number of hydrogen-bond acceptors (Lipinski definition) is 6. The van der Waals surface area contributed by atoms with Crippen molar-refractivity contribution in [3.05, 3.63) is 32.6 Å². The van der Waals surface area contributed by atoms with Crippen molar-refractivity contribution < 1.29 is 19.7 Å². The number of H-pyrrole nitrogens is 1. The third-order valence-corrected chi connectivity index (χ3v) is 3.38. The van der Waals surface area contributed by atoms with Crippen molar-refractivity contribution in [3.8, 4) is 0 Å². The van der Waals surface area contributed by atoms with E-state index in [1.165, 1.54) is 0 Å². The molecule has 1 fully saturated rings. The van der Waals surface area contributed by atoms with E-state index in [1.54, 1.807) is 0 Å². The van der Waals surface area contributed by atoms with Gasteiger partial charge in [0.25, 0.3) is 5.56 Å². The molecule has 2 aliphatic heterocycles. The van der Waals surface area contributed by atoms with Gasteiger partial charge in [0.05, 0.1) is 5.92 Å². The minimum absolute atomic E-state index is 0.149. The third kappa shape index (κ3) is 1.27. The van der Waals surface area contributed by atoms with Gasteiger partial charge in [0.2, 0.25) is 0 Å². The van der Waals surface area contributed by atoms with E-state index in [9.17, 15) is 24.6 Å². The van der Waals surface area contributed by atoms with Crippen LogP contribution in [0, 0.1) is 0 Å². The molecule has 0 aromatic carbocycles. The molecule has 1 aromatic heterocycles. The van der Waals surface area contributed by atoms with E-state index in [4.69, 9.17) is 4.74 Å². The van der Waals surface area contributed by atoms with Gasteiger partial charge in [-0.1, -0.05) is 0 Å². The summed E-state index contributed by atoms with van der Waals surface area (Å²) >= 11 is 0. The lowest BCUT2D eigenvalue weighted by Gasteiger charge is -2.29. The quantitative estimate of drug-likeness (QED) is 0.474. The Morgan fingerprint density at radius 2 is 2.06 bits per heavy atom. The molecule has 1 aromatic rings. The molecule has 0 radical (unpaired) electrons. The SMILES string of the molecule is O=C[C@@H]1c2cc(=O)[nH]c(=O)n2[C@@H]2O[C@H]1[C@@H](O)[C@H]2O. The first kappa shape index (κ1) is 11.3. The predicted octanol–water partition coefficient (Wildman–Crippen LogP) is -2.55. The Kier molecular flexibility index (Phi) is 2.27. The molecule has 1 saturated heterocycles. The van der Waals surface area contributed by atoms with E-state index in [-0.39, 0.29) is 5.69 Å². The highest BCUT2D eigenvalue weighted by Gasteiger charge is 2.52. The summed E-state index contributed by atoms with van der Waals surface area (Å²) in [5, 5.41) is 19.5. The van der Waals surface area contributed by atoms with Gasteiger partial charge in [-0.3, -0.25) is 14.3 Å². The van der Waals surface area contributed by atoms with Crippen LogP contribution < -0.4 is 11.2 Å². The fourth-order valence-corrected chi connectivity index (χ4v) is 2.55. The lowest BCUT2D eigenvalue weighted by Crippen LogP contribution is -2.42. The molecule has 8 nitrogen and oxygen atoms in total. The molecule has 18 heavy (non-hydrogen) atoms. The van der Waals surface area contributed by atoms with Crippen LogP contribution in [-0.4, -0.2) is 44.4 Å². The number of carbonyl (C=O) groups is 1. The zero-order valence-electron chi connectivity index (χ0n) is 9.02. The lowest BCUT2D eigenvalue weighted by molar-refractivity contribution is -0.119. The molecule has 3 N–H and O–H groups in total. The summed E-state index contributed by atoms with van der Waals surface area (Å²) < 4.78 is 6.28. The molecular formula is C10H10N2O6. The lowest BCUT2D eigenvalue weighted by atomic mass is 9.96. The monoisotopic (exact) mass is 254 g/mol.